The van der Waals surface area contributed by atoms with E-state index in [1.165, 1.54) is 87.8 Å². The second-order valence-electron chi connectivity index (χ2n) is 15.8. The molecule has 1 aliphatic heterocycles. The van der Waals surface area contributed by atoms with Gasteiger partial charge in [-0.1, -0.05) is 189 Å². The van der Waals surface area contributed by atoms with Crippen LogP contribution in [0.2, 0.25) is 0 Å². The Labute approximate surface area is 326 Å². The molecule has 0 bridgehead atoms. The van der Waals surface area contributed by atoms with E-state index in [0.717, 1.165) is 5.69 Å². The Hall–Kier alpha value is -6.22. The van der Waals surface area contributed by atoms with Crippen molar-refractivity contribution in [3.05, 3.63) is 210 Å². The van der Waals surface area contributed by atoms with E-state index in [4.69, 9.17) is 0 Å². The highest BCUT2D eigenvalue weighted by Gasteiger charge is 2.51. The fourth-order valence-corrected chi connectivity index (χ4v) is 15.0. The average molecular weight is 722 g/mol. The third-order valence-corrected chi connectivity index (χ3v) is 17.2. The summed E-state index contributed by atoms with van der Waals surface area (Å²) in [5.41, 5.74) is 16.5. The second-order valence-corrected chi connectivity index (χ2v) is 19.5. The van der Waals surface area contributed by atoms with Crippen LogP contribution in [0, 0.1) is 13.8 Å². The summed E-state index contributed by atoms with van der Waals surface area (Å²) in [5, 5.41) is 5.71. The van der Waals surface area contributed by atoms with Gasteiger partial charge in [0.05, 0.1) is 5.69 Å². The van der Waals surface area contributed by atoms with Gasteiger partial charge >= 0.3 is 0 Å². The van der Waals surface area contributed by atoms with Crippen LogP contribution < -0.4 is 25.6 Å². The first-order chi connectivity index (χ1) is 26.9. The molecule has 0 fully saturated rings. The predicted molar refractivity (Wildman–Crippen MR) is 236 cm³/mol. The maximum Gasteiger partial charge on any atom is 0.183 e. The van der Waals surface area contributed by atoms with Crippen LogP contribution in [0.25, 0.3) is 33.4 Å². The van der Waals surface area contributed by atoms with E-state index in [9.17, 15) is 0 Å². The van der Waals surface area contributed by atoms with Crippen molar-refractivity contribution < 1.29 is 0 Å². The molecule has 10 rings (SSSR count). The minimum atomic E-state index is -2.88. The van der Waals surface area contributed by atoms with Gasteiger partial charge in [-0.2, -0.15) is 0 Å². The van der Waals surface area contributed by atoms with Crippen molar-refractivity contribution in [2.75, 3.05) is 4.90 Å². The van der Waals surface area contributed by atoms with Crippen molar-refractivity contribution in [3.8, 4) is 33.4 Å². The maximum absolute atomic E-state index is 2.88. The average Bonchev–Trinajstić information content (AvgIpc) is 3.66. The van der Waals surface area contributed by atoms with Crippen molar-refractivity contribution in [2.45, 2.75) is 33.1 Å². The fourth-order valence-electron chi connectivity index (χ4n) is 9.66. The first-order valence-electron chi connectivity index (χ1n) is 19.4. The SMILES string of the molecule is Cc1ccc([Si]2(c3ccc(C)cc3)c3ccccc3-c3cccc(N(c4ccc(-c5ccccc5)cc4)c4cccc5c4-c4ccccc4C5(C)C)c32)cc1. The van der Waals surface area contributed by atoms with E-state index >= 15 is 0 Å². The van der Waals surface area contributed by atoms with Crippen LogP contribution in [-0.4, -0.2) is 8.07 Å². The molecule has 1 heterocycles. The lowest BCUT2D eigenvalue weighted by Gasteiger charge is -2.37. The Bertz CT molecular complexity index is 2680. The van der Waals surface area contributed by atoms with Crippen molar-refractivity contribution in [1.82, 2.24) is 0 Å². The van der Waals surface area contributed by atoms with Crippen molar-refractivity contribution >= 4 is 45.9 Å². The molecule has 1 nitrogen and oxygen atoms in total. The van der Waals surface area contributed by atoms with E-state index < -0.39 is 8.07 Å². The van der Waals surface area contributed by atoms with Crippen molar-refractivity contribution in [3.63, 3.8) is 0 Å². The summed E-state index contributed by atoms with van der Waals surface area (Å²) < 4.78 is 0. The molecule has 0 saturated carbocycles. The van der Waals surface area contributed by atoms with Gasteiger partial charge in [0.2, 0.25) is 0 Å². The van der Waals surface area contributed by atoms with E-state index in [0.29, 0.717) is 0 Å². The molecule has 0 saturated heterocycles. The van der Waals surface area contributed by atoms with Gasteiger partial charge in [0.1, 0.15) is 0 Å². The first-order valence-corrected chi connectivity index (χ1v) is 21.4. The molecule has 0 N–H and O–H groups in total. The topological polar surface area (TPSA) is 3.24 Å². The molecule has 264 valence electrons. The quantitative estimate of drug-likeness (QED) is 0.155. The van der Waals surface area contributed by atoms with E-state index in [1.807, 2.05) is 0 Å². The summed E-state index contributed by atoms with van der Waals surface area (Å²) in [6, 6.07) is 71.2. The summed E-state index contributed by atoms with van der Waals surface area (Å²) in [5.74, 6) is 0. The molecule has 2 aliphatic rings. The second kappa shape index (κ2) is 12.7. The van der Waals surface area contributed by atoms with Crippen LogP contribution in [0.1, 0.15) is 36.1 Å². The molecule has 0 spiro atoms. The summed E-state index contributed by atoms with van der Waals surface area (Å²) >= 11 is 0. The Kier molecular flexibility index (Phi) is 7.69. The lowest BCUT2D eigenvalue weighted by molar-refractivity contribution is 0.660. The van der Waals surface area contributed by atoms with Crippen LogP contribution >= 0.6 is 0 Å². The maximum atomic E-state index is 2.60. The zero-order valence-electron chi connectivity index (χ0n) is 31.8. The molecular weight excluding hydrogens is 679 g/mol. The third kappa shape index (κ3) is 4.98. The van der Waals surface area contributed by atoms with Crippen LogP contribution in [0.4, 0.5) is 17.1 Å². The van der Waals surface area contributed by atoms with Gasteiger partial charge in [0, 0.05) is 22.4 Å². The van der Waals surface area contributed by atoms with E-state index in [1.54, 1.807) is 0 Å². The van der Waals surface area contributed by atoms with Gasteiger partial charge in [-0.15, -0.1) is 0 Å². The summed E-state index contributed by atoms with van der Waals surface area (Å²) in [6.45, 7) is 9.15. The summed E-state index contributed by atoms with van der Waals surface area (Å²) in [7, 11) is -2.88. The zero-order chi connectivity index (χ0) is 37.3. The van der Waals surface area contributed by atoms with E-state index in [-0.39, 0.29) is 5.41 Å². The highest BCUT2D eigenvalue weighted by molar-refractivity contribution is 7.22. The van der Waals surface area contributed by atoms with Gasteiger partial charge < -0.3 is 4.90 Å². The number of hydrogen-bond acceptors (Lipinski definition) is 1. The standard InChI is InChI=1S/C53H43NSi/c1-36-24-32-41(33-25-36)55(42-34-26-37(2)27-35-42)50-23-11-9-16-43(50)44-18-12-22-49(52(44)55)54(40-30-28-39(29-31-40)38-14-6-5-7-15-38)48-21-13-20-47-51(48)45-17-8-10-19-46(45)53(47,3)4/h5-35H,1-4H3. The summed E-state index contributed by atoms with van der Waals surface area (Å²) in [6.07, 6.45) is 0. The number of fused-ring (bicyclic) bond motifs is 6. The number of rotatable bonds is 6. The molecule has 8 aromatic rings. The molecule has 8 aromatic carbocycles. The number of benzene rings is 8. The number of aryl methyl sites for hydroxylation is 2. The zero-order valence-corrected chi connectivity index (χ0v) is 32.8. The third-order valence-electron chi connectivity index (χ3n) is 12.3. The van der Waals surface area contributed by atoms with Gasteiger partial charge in [0.15, 0.2) is 8.07 Å². The molecular formula is C53H43NSi. The molecule has 0 amide bonds. The van der Waals surface area contributed by atoms with Crippen LogP contribution in [-0.2, 0) is 5.41 Å². The lowest BCUT2D eigenvalue weighted by Crippen LogP contribution is -2.73. The minimum absolute atomic E-state index is 0.123. The van der Waals surface area contributed by atoms with Gasteiger partial charge in [-0.3, -0.25) is 0 Å². The van der Waals surface area contributed by atoms with Crippen LogP contribution in [0.3, 0.4) is 0 Å². The van der Waals surface area contributed by atoms with Crippen molar-refractivity contribution in [1.29, 1.82) is 0 Å². The normalized spacial score (nSPS) is 14.1. The fraction of sp³-hybridized carbons (Fsp3) is 0.0943. The molecule has 1 aliphatic carbocycles. The van der Waals surface area contributed by atoms with Gasteiger partial charge in [0.25, 0.3) is 0 Å². The highest BCUT2D eigenvalue weighted by Crippen LogP contribution is 2.54. The molecule has 2 heteroatoms. The first kappa shape index (κ1) is 33.4. The van der Waals surface area contributed by atoms with Gasteiger partial charge in [-0.25, -0.2) is 0 Å². The molecule has 0 radical (unpaired) electrons. The molecule has 0 aromatic heterocycles. The minimum Gasteiger partial charge on any atom is -0.310 e. The van der Waals surface area contributed by atoms with Gasteiger partial charge in [-0.05, 0) is 97.8 Å². The smallest absolute Gasteiger partial charge is 0.183 e. The molecule has 0 atom stereocenters. The van der Waals surface area contributed by atoms with Crippen LogP contribution in [0.5, 0.6) is 0 Å². The predicted octanol–water partition coefficient (Wildman–Crippen LogP) is 11.1. The molecule has 0 unspecified atom stereocenters. The highest BCUT2D eigenvalue weighted by atomic mass is 28.3. The Balaban J connectivity index is 1.32. The number of nitrogens with zero attached hydrogens (tertiary/aromatic N) is 1. The van der Waals surface area contributed by atoms with E-state index in [2.05, 4.69) is 221 Å². The Morgan fingerprint density at radius 1 is 0.418 bits per heavy atom. The lowest BCUT2D eigenvalue weighted by atomic mass is 9.82. The molecule has 55 heavy (non-hydrogen) atoms. The summed E-state index contributed by atoms with van der Waals surface area (Å²) in [4.78, 5) is 2.60. The Morgan fingerprint density at radius 2 is 0.945 bits per heavy atom. The number of hydrogen-bond donors (Lipinski definition) is 0. The number of anilines is 3. The largest absolute Gasteiger partial charge is 0.310 e. The Morgan fingerprint density at radius 3 is 1.64 bits per heavy atom. The monoisotopic (exact) mass is 721 g/mol. The van der Waals surface area contributed by atoms with Crippen LogP contribution in [0.15, 0.2) is 188 Å². The van der Waals surface area contributed by atoms with Crippen molar-refractivity contribution in [2.24, 2.45) is 0 Å².